The van der Waals surface area contributed by atoms with Crippen LogP contribution in [0.5, 0.6) is 11.5 Å². The first kappa shape index (κ1) is 56.8. The van der Waals surface area contributed by atoms with Crippen molar-refractivity contribution in [2.75, 3.05) is 61.7 Å². The standard InChI is InChI=1S/C55H62ClN11O11/c1-31(2)48(59-33(4)68)51(72)63-41(11-8-22-58-53(57)74)50(71)60-37-16-12-34(13-17-37)30-77-54(75)64(5)23-24-65(6)55(76)78-44-25-43-47(46-32(3)9-7-10-40(44)46)36(26-56)27-67(43)52(73)42-29-66-28-38(18-21-45(66)62-42)61-49(70)35-14-19-39(69)20-15-35/h7,9-10,12-21,25,28-29,31,36,41,48,69H,8,11,22-24,26-27,30H2,1-6H3,(H,59,68)(H,60,71)(H,61,70)(H,63,72)(H3,57,58,74)/t36-,41+,48+/m1/s1. The average molecular weight is 1090 g/mol. The fraction of sp³-hybridized carbons (Fsp3) is 0.327. The Balaban J connectivity index is 0.955. The van der Waals surface area contributed by atoms with Crippen molar-refractivity contribution in [1.29, 1.82) is 0 Å². The summed E-state index contributed by atoms with van der Waals surface area (Å²) in [4.78, 5) is 112. The van der Waals surface area contributed by atoms with Crippen LogP contribution in [-0.4, -0.2) is 130 Å². The Kier molecular flexibility index (Phi) is 18.4. The van der Waals surface area contributed by atoms with E-state index in [2.05, 4.69) is 31.6 Å². The molecule has 0 saturated carbocycles. The van der Waals surface area contributed by atoms with Crippen molar-refractivity contribution in [2.24, 2.45) is 11.7 Å². The molecule has 0 fully saturated rings. The maximum absolute atomic E-state index is 14.4. The van der Waals surface area contributed by atoms with Gasteiger partial charge >= 0.3 is 18.2 Å². The van der Waals surface area contributed by atoms with E-state index in [1.807, 2.05) is 25.1 Å². The number of rotatable bonds is 20. The summed E-state index contributed by atoms with van der Waals surface area (Å²) in [5, 5.41) is 24.4. The lowest BCUT2D eigenvalue weighted by atomic mass is 9.92. The number of hydrogen-bond donors (Lipinski definition) is 7. The quantitative estimate of drug-likeness (QED) is 0.0320. The molecule has 6 aromatic rings. The number of amides is 9. The van der Waals surface area contributed by atoms with E-state index in [1.54, 1.807) is 78.0 Å². The summed E-state index contributed by atoms with van der Waals surface area (Å²) in [5.41, 5.74) is 9.77. The van der Waals surface area contributed by atoms with Gasteiger partial charge < -0.3 is 66.0 Å². The Morgan fingerprint density at radius 1 is 0.859 bits per heavy atom. The van der Waals surface area contributed by atoms with Gasteiger partial charge in [-0.25, -0.2) is 19.4 Å². The zero-order valence-corrected chi connectivity index (χ0v) is 44.7. The second-order valence-corrected chi connectivity index (χ2v) is 19.6. The van der Waals surface area contributed by atoms with Gasteiger partial charge in [0.25, 0.3) is 11.8 Å². The Morgan fingerprint density at radius 2 is 1.55 bits per heavy atom. The zero-order valence-electron chi connectivity index (χ0n) is 43.9. The van der Waals surface area contributed by atoms with Crippen molar-refractivity contribution in [3.63, 3.8) is 0 Å². The number of anilines is 3. The van der Waals surface area contributed by atoms with Gasteiger partial charge in [-0.15, -0.1) is 11.6 Å². The molecule has 0 spiro atoms. The van der Waals surface area contributed by atoms with E-state index in [9.17, 15) is 43.5 Å². The molecule has 0 aliphatic carbocycles. The SMILES string of the molecule is CC(=O)N[C@H](C(=O)N[C@@H](CCCNC(N)=O)C(=O)Nc1ccc(COC(=O)N(C)CCN(C)C(=O)Oc2cc3c(c4c(C)cccc24)[C@H](CCl)CN3C(=O)c2cn3cc(NC(=O)c4ccc(O)cc4)ccc3n2)cc1)C(C)C. The van der Waals surface area contributed by atoms with Gasteiger partial charge in [0, 0.05) is 94.1 Å². The number of alkyl halides is 1. The van der Waals surface area contributed by atoms with Gasteiger partial charge in [-0.05, 0) is 96.3 Å². The van der Waals surface area contributed by atoms with E-state index in [-0.39, 0.29) is 80.0 Å². The number of urea groups is 1. The van der Waals surface area contributed by atoms with Crippen LogP contribution >= 0.6 is 11.6 Å². The fourth-order valence-electron chi connectivity index (χ4n) is 8.84. The Labute approximate surface area is 454 Å². The number of benzene rings is 4. The molecule has 1 aliphatic rings. The van der Waals surface area contributed by atoms with Gasteiger partial charge in [0.15, 0.2) is 0 Å². The molecule has 4 aromatic carbocycles. The Bertz CT molecular complexity index is 3240. The topological polar surface area (TPSA) is 288 Å². The van der Waals surface area contributed by atoms with E-state index in [1.165, 1.54) is 55.1 Å². The highest BCUT2D eigenvalue weighted by Crippen LogP contribution is 2.47. The molecule has 0 radical (unpaired) electrons. The lowest BCUT2D eigenvalue weighted by molar-refractivity contribution is -0.131. The number of aryl methyl sites for hydroxylation is 1. The van der Waals surface area contributed by atoms with Gasteiger partial charge in [-0.1, -0.05) is 44.2 Å². The maximum Gasteiger partial charge on any atom is 0.415 e. The van der Waals surface area contributed by atoms with Crippen LogP contribution in [-0.2, 0) is 25.7 Å². The number of carbonyl (C=O) groups excluding carboxylic acids is 8. The molecule has 23 heteroatoms. The number of likely N-dealkylation sites (N-methyl/N-ethyl adjacent to an activating group) is 2. The average Bonchev–Trinajstić information content (AvgIpc) is 4.02. The number of nitrogens with one attached hydrogen (secondary N) is 5. The third kappa shape index (κ3) is 13.9. The highest BCUT2D eigenvalue weighted by molar-refractivity contribution is 6.19. The van der Waals surface area contributed by atoms with Crippen LogP contribution in [0, 0.1) is 12.8 Å². The van der Waals surface area contributed by atoms with E-state index < -0.39 is 53.9 Å². The molecule has 1 aliphatic heterocycles. The normalized spacial score (nSPS) is 13.5. The summed E-state index contributed by atoms with van der Waals surface area (Å²) >= 11 is 6.59. The molecule has 3 atom stereocenters. The second kappa shape index (κ2) is 25.3. The van der Waals surface area contributed by atoms with Crippen LogP contribution in [0.25, 0.3) is 16.4 Å². The summed E-state index contributed by atoms with van der Waals surface area (Å²) < 4.78 is 13.2. The summed E-state index contributed by atoms with van der Waals surface area (Å²) in [6.07, 6.45) is 2.28. The number of phenols is 1. The molecule has 410 valence electrons. The number of halogens is 1. The molecule has 8 N–H and O–H groups in total. The fourth-order valence-corrected chi connectivity index (χ4v) is 9.09. The van der Waals surface area contributed by atoms with Crippen molar-refractivity contribution in [2.45, 2.75) is 65.1 Å². The lowest BCUT2D eigenvalue weighted by Gasteiger charge is -2.25. The van der Waals surface area contributed by atoms with Gasteiger partial charge in [0.05, 0.1) is 11.4 Å². The smallest absolute Gasteiger partial charge is 0.415 e. The molecule has 7 rings (SSSR count). The number of aromatic hydroxyl groups is 1. The van der Waals surface area contributed by atoms with Crippen LogP contribution in [0.1, 0.15) is 77.1 Å². The van der Waals surface area contributed by atoms with E-state index in [4.69, 9.17) is 26.8 Å². The number of nitrogens with two attached hydrogens (primary N) is 1. The molecule has 2 aromatic heterocycles. The molecule has 9 amide bonds. The minimum absolute atomic E-state index is 0.0355. The first-order valence-corrected chi connectivity index (χ1v) is 25.6. The molecule has 22 nitrogen and oxygen atoms in total. The molecule has 0 unspecified atom stereocenters. The van der Waals surface area contributed by atoms with Crippen LogP contribution in [0.15, 0.2) is 97.3 Å². The third-order valence-corrected chi connectivity index (χ3v) is 13.4. The first-order valence-electron chi connectivity index (χ1n) is 25.1. The summed E-state index contributed by atoms with van der Waals surface area (Å²) in [6, 6.07) is 20.3. The highest BCUT2D eigenvalue weighted by Gasteiger charge is 2.37. The largest absolute Gasteiger partial charge is 0.508 e. The minimum Gasteiger partial charge on any atom is -0.508 e. The minimum atomic E-state index is -1.02. The maximum atomic E-state index is 14.4. The van der Waals surface area contributed by atoms with Crippen molar-refractivity contribution < 1.29 is 52.9 Å². The summed E-state index contributed by atoms with van der Waals surface area (Å²) in [5.74, 6) is -2.37. The predicted octanol–water partition coefficient (Wildman–Crippen LogP) is 6.47. The Morgan fingerprint density at radius 3 is 2.22 bits per heavy atom. The molecule has 78 heavy (non-hydrogen) atoms. The first-order chi connectivity index (χ1) is 37.2. The molecular weight excluding hydrogens is 1030 g/mol. The van der Waals surface area contributed by atoms with Crippen LogP contribution in [0.4, 0.5) is 31.4 Å². The number of ether oxygens (including phenoxy) is 2. The number of hydrogen-bond acceptors (Lipinski definition) is 12. The number of nitrogens with zero attached hydrogens (tertiary/aromatic N) is 5. The van der Waals surface area contributed by atoms with Crippen molar-refractivity contribution >= 4 is 92.8 Å². The van der Waals surface area contributed by atoms with Gasteiger partial charge in [-0.2, -0.15) is 0 Å². The number of pyridine rings is 1. The number of aromatic nitrogens is 2. The molecule has 0 saturated heterocycles. The van der Waals surface area contributed by atoms with Crippen LogP contribution < -0.4 is 42.0 Å². The van der Waals surface area contributed by atoms with Crippen molar-refractivity contribution in [3.8, 4) is 11.5 Å². The van der Waals surface area contributed by atoms with Crippen LogP contribution in [0.2, 0.25) is 0 Å². The van der Waals surface area contributed by atoms with Gasteiger partial charge in [0.2, 0.25) is 17.7 Å². The predicted molar refractivity (Wildman–Crippen MR) is 293 cm³/mol. The highest BCUT2D eigenvalue weighted by atomic mass is 35.5. The number of imidazole rings is 1. The Hall–Kier alpha value is -8.92. The van der Waals surface area contributed by atoms with E-state index in [0.29, 0.717) is 45.6 Å². The monoisotopic (exact) mass is 1090 g/mol. The number of phenolic OH excluding ortho intramolecular Hbond substituents is 1. The third-order valence-electron chi connectivity index (χ3n) is 13.0. The summed E-state index contributed by atoms with van der Waals surface area (Å²) in [7, 11) is 3.05. The number of fused-ring (bicyclic) bond motifs is 4. The second-order valence-electron chi connectivity index (χ2n) is 19.3. The molecule has 3 heterocycles. The number of carbonyl (C=O) groups is 8. The van der Waals surface area contributed by atoms with E-state index >= 15 is 0 Å². The summed E-state index contributed by atoms with van der Waals surface area (Å²) in [6.45, 7) is 7.17. The van der Waals surface area contributed by atoms with Crippen molar-refractivity contribution in [3.05, 3.63) is 125 Å². The molecule has 0 bridgehead atoms. The van der Waals surface area contributed by atoms with Gasteiger partial charge in [-0.3, -0.25) is 24.0 Å². The van der Waals surface area contributed by atoms with Gasteiger partial charge in [0.1, 0.15) is 41.5 Å². The van der Waals surface area contributed by atoms with E-state index in [0.717, 1.165) is 16.5 Å². The lowest BCUT2D eigenvalue weighted by Crippen LogP contribution is -2.54. The molecular formula is C55H62ClN11O11. The number of primary amides is 1. The van der Waals surface area contributed by atoms with Crippen LogP contribution in [0.3, 0.4) is 0 Å². The van der Waals surface area contributed by atoms with Crippen molar-refractivity contribution in [1.82, 2.24) is 35.1 Å². The zero-order chi connectivity index (χ0) is 56.4.